The van der Waals surface area contributed by atoms with E-state index < -0.39 is 22.2 Å². The largest absolute Gasteiger partial charge is 0.488 e. The van der Waals surface area contributed by atoms with Crippen molar-refractivity contribution in [2.24, 2.45) is 13.0 Å². The Morgan fingerprint density at radius 3 is 2.65 bits per heavy atom. The number of ether oxygens (including phenoxy) is 1. The van der Waals surface area contributed by atoms with E-state index in [2.05, 4.69) is 15.3 Å². The summed E-state index contributed by atoms with van der Waals surface area (Å²) in [6, 6.07) is 7.75. The third-order valence-corrected chi connectivity index (χ3v) is 8.62. The van der Waals surface area contributed by atoms with Crippen molar-refractivity contribution >= 4 is 27.5 Å². The highest BCUT2D eigenvalue weighted by molar-refractivity contribution is 7.89. The Labute approximate surface area is 233 Å². The lowest BCUT2D eigenvalue weighted by Gasteiger charge is -2.33. The fourth-order valence-corrected chi connectivity index (χ4v) is 5.61. The summed E-state index contributed by atoms with van der Waals surface area (Å²) in [5.74, 6) is -0.433. The summed E-state index contributed by atoms with van der Waals surface area (Å²) in [4.78, 5) is 35.6. The van der Waals surface area contributed by atoms with Crippen molar-refractivity contribution in [1.29, 1.82) is 0 Å². The van der Waals surface area contributed by atoms with E-state index in [4.69, 9.17) is 4.74 Å². The maximum atomic E-state index is 13.4. The number of aromatic nitrogens is 3. The molecule has 3 atom stereocenters. The second-order valence-corrected chi connectivity index (χ2v) is 12.1. The second-order valence-electron chi connectivity index (χ2n) is 10.1. The molecule has 1 aliphatic rings. The van der Waals surface area contributed by atoms with Gasteiger partial charge in [-0.1, -0.05) is 6.92 Å². The highest BCUT2D eigenvalue weighted by Crippen LogP contribution is 2.30. The van der Waals surface area contributed by atoms with Crippen LogP contribution in [0.1, 0.15) is 29.8 Å². The van der Waals surface area contributed by atoms with Crippen LogP contribution in [0.25, 0.3) is 0 Å². The number of fused-ring (bicyclic) bond motifs is 1. The Hall–Kier alpha value is -3.81. The van der Waals surface area contributed by atoms with E-state index in [1.165, 1.54) is 36.3 Å². The van der Waals surface area contributed by atoms with Crippen LogP contribution in [0.2, 0.25) is 0 Å². The molecule has 12 nitrogen and oxygen atoms in total. The molecule has 40 heavy (non-hydrogen) atoms. The van der Waals surface area contributed by atoms with Crippen molar-refractivity contribution in [3.05, 3.63) is 66.4 Å². The van der Waals surface area contributed by atoms with Crippen LogP contribution >= 0.6 is 0 Å². The van der Waals surface area contributed by atoms with E-state index in [1.54, 1.807) is 53.8 Å². The van der Waals surface area contributed by atoms with Crippen LogP contribution in [0.3, 0.4) is 0 Å². The van der Waals surface area contributed by atoms with Crippen LogP contribution in [-0.2, 0) is 28.3 Å². The molecule has 13 heteroatoms. The zero-order valence-corrected chi connectivity index (χ0v) is 23.7. The number of imidazole rings is 1. The van der Waals surface area contributed by atoms with E-state index in [0.29, 0.717) is 22.6 Å². The van der Waals surface area contributed by atoms with Gasteiger partial charge in [-0.2, -0.15) is 4.31 Å². The predicted molar refractivity (Wildman–Crippen MR) is 147 cm³/mol. The lowest BCUT2D eigenvalue weighted by Crippen LogP contribution is -2.48. The van der Waals surface area contributed by atoms with E-state index in [0.717, 1.165) is 0 Å². The number of amides is 2. The summed E-state index contributed by atoms with van der Waals surface area (Å²) in [5.41, 5.74) is 1.43. The number of sulfonamides is 1. The zero-order valence-electron chi connectivity index (χ0n) is 22.9. The molecule has 0 saturated heterocycles. The first-order valence-corrected chi connectivity index (χ1v) is 14.3. The number of likely N-dealkylation sites (N-methyl/N-ethyl adjacent to an activating group) is 1. The van der Waals surface area contributed by atoms with Crippen LogP contribution in [0.5, 0.6) is 5.75 Å². The average Bonchev–Trinajstić information content (AvgIpc) is 3.40. The smallest absolute Gasteiger partial charge is 0.261 e. The number of rotatable bonds is 8. The summed E-state index contributed by atoms with van der Waals surface area (Å²) in [7, 11) is -0.740. The van der Waals surface area contributed by atoms with Crippen LogP contribution in [-0.4, -0.2) is 88.0 Å². The number of nitrogens with zero attached hydrogens (tertiary/aromatic N) is 5. The molecule has 4 rings (SSSR count). The third kappa shape index (κ3) is 6.49. The Kier molecular flexibility index (Phi) is 8.86. The topological polar surface area (TPSA) is 147 Å². The van der Waals surface area contributed by atoms with Gasteiger partial charge in [-0.25, -0.2) is 13.4 Å². The minimum Gasteiger partial charge on any atom is -0.488 e. The number of hydrogen-bond donors (Lipinski definition) is 2. The highest BCUT2D eigenvalue weighted by atomic mass is 32.2. The molecule has 3 aromatic rings. The zero-order chi connectivity index (χ0) is 29.0. The van der Waals surface area contributed by atoms with Gasteiger partial charge < -0.3 is 24.6 Å². The van der Waals surface area contributed by atoms with Gasteiger partial charge in [0.1, 0.15) is 11.9 Å². The van der Waals surface area contributed by atoms with Gasteiger partial charge in [0.15, 0.2) is 5.03 Å². The molecule has 2 amide bonds. The standard InChI is InChI=1S/C27H34N6O6S/c1-18-13-33(19(2)16-34)26(35)12-21-11-22(30-27(36)20-7-9-28-10-8-20)5-6-23(21)39-24(18)14-32(4)40(37,38)25-15-31(3)17-29-25/h5-11,15,17-19,24,34H,12-14,16H2,1-4H3,(H,30,36)/t18-,19-,24-/m1/s1. The molecular formula is C27H34N6O6S. The number of pyridine rings is 1. The summed E-state index contributed by atoms with van der Waals surface area (Å²) < 4.78 is 35.5. The monoisotopic (exact) mass is 570 g/mol. The Morgan fingerprint density at radius 2 is 2.00 bits per heavy atom. The first-order valence-electron chi connectivity index (χ1n) is 12.8. The van der Waals surface area contributed by atoms with E-state index in [9.17, 15) is 23.1 Å². The minimum absolute atomic E-state index is 0.00438. The number of anilines is 1. The van der Waals surface area contributed by atoms with Crippen molar-refractivity contribution in [3.63, 3.8) is 0 Å². The summed E-state index contributed by atoms with van der Waals surface area (Å²) in [5, 5.41) is 12.6. The number of hydrogen-bond acceptors (Lipinski definition) is 8. The molecule has 0 aliphatic carbocycles. The maximum Gasteiger partial charge on any atom is 0.261 e. The molecule has 1 aliphatic heterocycles. The molecule has 3 heterocycles. The third-order valence-electron chi connectivity index (χ3n) is 6.91. The van der Waals surface area contributed by atoms with Crippen molar-refractivity contribution in [3.8, 4) is 5.75 Å². The molecule has 2 N–H and O–H groups in total. The molecule has 0 unspecified atom stereocenters. The van der Waals surface area contributed by atoms with E-state index in [1.807, 2.05) is 6.92 Å². The number of aryl methyl sites for hydroxylation is 1. The predicted octanol–water partition coefficient (Wildman–Crippen LogP) is 1.54. The number of carbonyl (C=O) groups is 2. The quantitative estimate of drug-likeness (QED) is 0.415. The molecule has 0 bridgehead atoms. The van der Waals surface area contributed by atoms with Crippen molar-refractivity contribution < 1.29 is 27.9 Å². The Balaban J connectivity index is 1.65. The first kappa shape index (κ1) is 29.2. The lowest BCUT2D eigenvalue weighted by molar-refractivity contribution is -0.134. The number of nitrogens with one attached hydrogen (secondary N) is 1. The van der Waals surface area contributed by atoms with Gasteiger partial charge in [-0.05, 0) is 37.3 Å². The van der Waals surface area contributed by atoms with Gasteiger partial charge in [-0.3, -0.25) is 14.6 Å². The number of aliphatic hydroxyl groups is 1. The molecule has 0 radical (unpaired) electrons. The average molecular weight is 571 g/mol. The van der Waals surface area contributed by atoms with Crippen molar-refractivity contribution in [1.82, 2.24) is 23.7 Å². The maximum absolute atomic E-state index is 13.4. The fourth-order valence-electron chi connectivity index (χ4n) is 4.46. The molecule has 1 aromatic carbocycles. The van der Waals surface area contributed by atoms with Crippen LogP contribution in [0, 0.1) is 5.92 Å². The first-order chi connectivity index (χ1) is 19.0. The minimum atomic E-state index is -3.89. The number of benzene rings is 1. The summed E-state index contributed by atoms with van der Waals surface area (Å²) >= 11 is 0. The molecule has 0 fully saturated rings. The van der Waals surface area contributed by atoms with Crippen molar-refractivity contribution in [2.75, 3.05) is 32.1 Å². The van der Waals surface area contributed by atoms with Gasteiger partial charge in [-0.15, -0.1) is 0 Å². The fraction of sp³-hybridized carbons (Fsp3) is 0.407. The molecular weight excluding hydrogens is 536 g/mol. The van der Waals surface area contributed by atoms with Gasteiger partial charge >= 0.3 is 0 Å². The van der Waals surface area contributed by atoms with Crippen LogP contribution in [0.15, 0.2) is 60.3 Å². The second kappa shape index (κ2) is 12.1. The van der Waals surface area contributed by atoms with Crippen LogP contribution in [0.4, 0.5) is 5.69 Å². The molecule has 0 spiro atoms. The Bertz CT molecular complexity index is 1460. The highest BCUT2D eigenvalue weighted by Gasteiger charge is 2.34. The van der Waals surface area contributed by atoms with Gasteiger partial charge in [0.25, 0.3) is 15.9 Å². The number of aliphatic hydroxyl groups excluding tert-OH is 1. The van der Waals surface area contributed by atoms with Gasteiger partial charge in [0.05, 0.1) is 31.9 Å². The molecule has 214 valence electrons. The number of carbonyl (C=O) groups excluding carboxylic acids is 2. The van der Waals surface area contributed by atoms with E-state index >= 15 is 0 Å². The van der Waals surface area contributed by atoms with Crippen LogP contribution < -0.4 is 10.1 Å². The molecule has 2 aromatic heterocycles. The molecule has 0 saturated carbocycles. The van der Waals surface area contributed by atoms with Crippen molar-refractivity contribution in [2.45, 2.75) is 37.4 Å². The van der Waals surface area contributed by atoms with E-state index in [-0.39, 0.29) is 48.9 Å². The summed E-state index contributed by atoms with van der Waals surface area (Å²) in [6.45, 7) is 3.65. The normalized spacial score (nSPS) is 18.8. The van der Waals surface area contributed by atoms with Gasteiger partial charge in [0.2, 0.25) is 5.91 Å². The lowest BCUT2D eigenvalue weighted by atomic mass is 10.0. The summed E-state index contributed by atoms with van der Waals surface area (Å²) in [6.07, 6.45) is 5.23. The Morgan fingerprint density at radius 1 is 1.27 bits per heavy atom. The van der Waals surface area contributed by atoms with Gasteiger partial charge in [0, 0.05) is 62.0 Å². The SMILES string of the molecule is C[C@@H]1CN([C@H](C)CO)C(=O)Cc2cc(NC(=O)c3ccncc3)ccc2O[C@@H]1CN(C)S(=O)(=O)c1cn(C)cn1.